The highest BCUT2D eigenvalue weighted by Crippen LogP contribution is 2.28. The largest absolute Gasteiger partial charge is 0.381 e. The second kappa shape index (κ2) is 5.16. The molecule has 1 rings (SSSR count). The molecule has 0 bridgehead atoms. The van der Waals surface area contributed by atoms with Gasteiger partial charge < -0.3 is 4.74 Å². The van der Waals surface area contributed by atoms with Crippen molar-refractivity contribution in [1.29, 1.82) is 5.26 Å². The van der Waals surface area contributed by atoms with Crippen molar-refractivity contribution in [3.63, 3.8) is 0 Å². The van der Waals surface area contributed by atoms with Gasteiger partial charge in [-0.15, -0.1) is 0 Å². The van der Waals surface area contributed by atoms with Crippen LogP contribution in [0.3, 0.4) is 0 Å². The molecule has 0 amide bonds. The molecule has 0 radical (unpaired) electrons. The van der Waals surface area contributed by atoms with Gasteiger partial charge in [0.2, 0.25) is 0 Å². The van der Waals surface area contributed by atoms with E-state index in [1.54, 1.807) is 0 Å². The van der Waals surface area contributed by atoms with Gasteiger partial charge in [-0.25, -0.2) is 0 Å². The van der Waals surface area contributed by atoms with E-state index >= 15 is 0 Å². The van der Waals surface area contributed by atoms with E-state index in [0.29, 0.717) is 5.92 Å². The Bertz CT molecular complexity index is 154. The summed E-state index contributed by atoms with van der Waals surface area (Å²) in [5, 5.41) is 8.67. The topological polar surface area (TPSA) is 33.0 Å². The highest BCUT2D eigenvalue weighted by Gasteiger charge is 2.20. The van der Waals surface area contributed by atoms with E-state index in [-0.39, 0.29) is 0 Å². The lowest BCUT2D eigenvalue weighted by molar-refractivity contribution is 0.0906. The van der Waals surface area contributed by atoms with Crippen LogP contribution < -0.4 is 0 Å². The van der Waals surface area contributed by atoms with Crippen LogP contribution in [0.25, 0.3) is 0 Å². The second-order valence-corrected chi connectivity index (χ2v) is 3.51. The smallest absolute Gasteiger partial charge is 0.0655 e. The maximum atomic E-state index is 8.67. The number of nitrogens with zero attached hydrogens (tertiary/aromatic N) is 1. The van der Waals surface area contributed by atoms with Crippen LogP contribution in [0.15, 0.2) is 0 Å². The van der Waals surface area contributed by atoms with E-state index in [0.717, 1.165) is 32.0 Å². The Hall–Kier alpha value is -0.550. The van der Waals surface area contributed by atoms with Crippen molar-refractivity contribution in [3.05, 3.63) is 0 Å². The van der Waals surface area contributed by atoms with Crippen LogP contribution in [-0.4, -0.2) is 13.2 Å². The van der Waals surface area contributed by atoms with E-state index < -0.39 is 0 Å². The van der Waals surface area contributed by atoms with Crippen molar-refractivity contribution in [2.24, 2.45) is 11.8 Å². The van der Waals surface area contributed by atoms with Gasteiger partial charge >= 0.3 is 0 Å². The predicted molar refractivity (Wildman–Crippen MR) is 47.6 cm³/mol. The molecular weight excluding hydrogens is 150 g/mol. The maximum absolute atomic E-state index is 8.67. The van der Waals surface area contributed by atoms with Gasteiger partial charge in [-0.3, -0.25) is 0 Å². The van der Waals surface area contributed by atoms with Crippen LogP contribution in [0.2, 0.25) is 0 Å². The predicted octanol–water partition coefficient (Wildman–Crippen LogP) is 2.35. The van der Waals surface area contributed by atoms with Crippen LogP contribution in [0.1, 0.15) is 32.6 Å². The summed E-state index contributed by atoms with van der Waals surface area (Å²) in [5.74, 6) is 1.04. The fraction of sp³-hybridized carbons (Fsp3) is 0.900. The first-order chi connectivity index (χ1) is 5.86. The minimum Gasteiger partial charge on any atom is -0.381 e. The number of ether oxygens (including phenoxy) is 1. The third-order valence-corrected chi connectivity index (χ3v) is 2.59. The molecule has 0 aromatic carbocycles. The van der Waals surface area contributed by atoms with Gasteiger partial charge in [-0.1, -0.05) is 0 Å². The van der Waals surface area contributed by atoms with E-state index in [1.807, 2.05) is 6.92 Å². The minimum atomic E-state index is 0.322. The van der Waals surface area contributed by atoms with Gasteiger partial charge in [0.1, 0.15) is 0 Å². The van der Waals surface area contributed by atoms with Crippen molar-refractivity contribution >= 4 is 0 Å². The fourth-order valence-electron chi connectivity index (χ4n) is 1.74. The van der Waals surface area contributed by atoms with Gasteiger partial charge in [-0.2, -0.15) is 5.26 Å². The first-order valence-corrected chi connectivity index (χ1v) is 4.84. The number of rotatable bonds is 3. The SMILES string of the molecule is CCOCC1CCC(C#N)CC1. The molecule has 0 aromatic rings. The van der Waals surface area contributed by atoms with Gasteiger partial charge in [0.25, 0.3) is 0 Å². The normalized spacial score (nSPS) is 29.7. The molecule has 1 aliphatic rings. The first-order valence-electron chi connectivity index (χ1n) is 4.84. The Morgan fingerprint density at radius 1 is 1.33 bits per heavy atom. The lowest BCUT2D eigenvalue weighted by Crippen LogP contribution is -2.17. The van der Waals surface area contributed by atoms with Crippen LogP contribution in [0.5, 0.6) is 0 Å². The van der Waals surface area contributed by atoms with Gasteiger partial charge in [0, 0.05) is 19.1 Å². The van der Waals surface area contributed by atoms with Crippen LogP contribution in [0, 0.1) is 23.2 Å². The molecule has 0 spiro atoms. The molecule has 2 nitrogen and oxygen atoms in total. The summed E-state index contributed by atoms with van der Waals surface area (Å²) in [6, 6.07) is 2.34. The minimum absolute atomic E-state index is 0.322. The van der Waals surface area contributed by atoms with E-state index in [4.69, 9.17) is 10.00 Å². The zero-order valence-corrected chi connectivity index (χ0v) is 7.75. The summed E-state index contributed by atoms with van der Waals surface area (Å²) in [7, 11) is 0. The summed E-state index contributed by atoms with van der Waals surface area (Å²) >= 11 is 0. The van der Waals surface area contributed by atoms with Crippen LogP contribution in [0.4, 0.5) is 0 Å². The van der Waals surface area contributed by atoms with E-state index in [9.17, 15) is 0 Å². The molecular formula is C10H17NO. The Morgan fingerprint density at radius 2 is 2.00 bits per heavy atom. The van der Waals surface area contributed by atoms with Gasteiger partial charge in [0.05, 0.1) is 6.07 Å². The summed E-state index contributed by atoms with van der Waals surface area (Å²) in [6.07, 6.45) is 4.51. The molecule has 0 aliphatic heterocycles. The number of hydrogen-bond donors (Lipinski definition) is 0. The average Bonchev–Trinajstić information content (AvgIpc) is 2.15. The molecule has 0 heterocycles. The first kappa shape index (κ1) is 9.54. The molecule has 12 heavy (non-hydrogen) atoms. The quantitative estimate of drug-likeness (QED) is 0.646. The third kappa shape index (κ3) is 2.83. The molecule has 1 aliphatic carbocycles. The number of hydrogen-bond acceptors (Lipinski definition) is 2. The maximum Gasteiger partial charge on any atom is 0.0655 e. The van der Waals surface area contributed by atoms with Crippen molar-refractivity contribution in [3.8, 4) is 6.07 Å². The molecule has 0 N–H and O–H groups in total. The summed E-state index contributed by atoms with van der Waals surface area (Å²) in [6.45, 7) is 3.74. The highest BCUT2D eigenvalue weighted by molar-refractivity contribution is 4.86. The Labute approximate surface area is 74.5 Å². The van der Waals surface area contributed by atoms with E-state index in [2.05, 4.69) is 6.07 Å². The monoisotopic (exact) mass is 167 g/mol. The second-order valence-electron chi connectivity index (χ2n) is 3.51. The average molecular weight is 167 g/mol. The molecule has 2 heteroatoms. The van der Waals surface area contributed by atoms with Crippen LogP contribution >= 0.6 is 0 Å². The Kier molecular flexibility index (Phi) is 4.10. The van der Waals surface area contributed by atoms with Crippen molar-refractivity contribution < 1.29 is 4.74 Å². The van der Waals surface area contributed by atoms with Gasteiger partial charge in [0.15, 0.2) is 0 Å². The van der Waals surface area contributed by atoms with Gasteiger partial charge in [-0.05, 0) is 38.5 Å². The summed E-state index contributed by atoms with van der Waals surface area (Å²) in [4.78, 5) is 0. The lowest BCUT2D eigenvalue weighted by Gasteiger charge is -2.24. The highest BCUT2D eigenvalue weighted by atomic mass is 16.5. The zero-order valence-electron chi connectivity index (χ0n) is 7.75. The molecule has 0 atom stereocenters. The van der Waals surface area contributed by atoms with Crippen LogP contribution in [-0.2, 0) is 4.74 Å². The lowest BCUT2D eigenvalue weighted by atomic mass is 9.83. The molecule has 1 fully saturated rings. The molecule has 68 valence electrons. The van der Waals surface area contributed by atoms with Crippen molar-refractivity contribution in [2.75, 3.05) is 13.2 Å². The molecule has 0 aromatic heterocycles. The molecule has 1 saturated carbocycles. The summed E-state index contributed by atoms with van der Waals surface area (Å²) < 4.78 is 5.36. The molecule has 0 saturated heterocycles. The summed E-state index contributed by atoms with van der Waals surface area (Å²) in [5.41, 5.74) is 0. The van der Waals surface area contributed by atoms with Crippen molar-refractivity contribution in [1.82, 2.24) is 0 Å². The third-order valence-electron chi connectivity index (χ3n) is 2.59. The Morgan fingerprint density at radius 3 is 2.50 bits per heavy atom. The zero-order chi connectivity index (χ0) is 8.81. The standard InChI is InChI=1S/C10H17NO/c1-2-12-8-10-5-3-9(7-11)4-6-10/h9-10H,2-6,8H2,1H3. The Balaban J connectivity index is 2.14. The van der Waals surface area contributed by atoms with Crippen molar-refractivity contribution in [2.45, 2.75) is 32.6 Å². The molecule has 0 unspecified atom stereocenters. The van der Waals surface area contributed by atoms with E-state index in [1.165, 1.54) is 12.8 Å². The number of nitriles is 1. The fourth-order valence-corrected chi connectivity index (χ4v) is 1.74.